The maximum atomic E-state index is 12.7. The minimum absolute atomic E-state index is 0.0993. The van der Waals surface area contributed by atoms with Crippen LogP contribution < -0.4 is 14.8 Å². The van der Waals surface area contributed by atoms with Crippen molar-refractivity contribution in [1.82, 2.24) is 0 Å². The van der Waals surface area contributed by atoms with Gasteiger partial charge in [0.2, 0.25) is 0 Å². The lowest BCUT2D eigenvalue weighted by Crippen LogP contribution is -2.18. The summed E-state index contributed by atoms with van der Waals surface area (Å²) in [6.45, 7) is 0. The molecule has 0 heterocycles. The summed E-state index contributed by atoms with van der Waals surface area (Å²) in [4.78, 5) is 12.8. The van der Waals surface area contributed by atoms with Gasteiger partial charge in [-0.05, 0) is 36.4 Å². The van der Waals surface area contributed by atoms with Crippen LogP contribution in [0.5, 0.6) is 5.75 Å². The molecule has 0 saturated heterocycles. The Bertz CT molecular complexity index is 1040. The van der Waals surface area contributed by atoms with E-state index in [1.165, 1.54) is 31.4 Å². The number of methoxy groups -OCH3 is 1. The van der Waals surface area contributed by atoms with Crippen LogP contribution in [0.4, 0.5) is 11.4 Å². The van der Waals surface area contributed by atoms with E-state index in [2.05, 4.69) is 10.0 Å². The van der Waals surface area contributed by atoms with Crippen LogP contribution >= 0.6 is 0 Å². The maximum Gasteiger partial charge on any atom is 0.261 e. The molecule has 2 N–H and O–H groups in total. The van der Waals surface area contributed by atoms with Gasteiger partial charge in [0, 0.05) is 11.8 Å². The molecule has 0 radical (unpaired) electrons. The molecule has 3 aromatic rings. The molecule has 138 valence electrons. The molecule has 1 amide bonds. The molecule has 0 spiro atoms. The normalized spacial score (nSPS) is 10.9. The summed E-state index contributed by atoms with van der Waals surface area (Å²) in [6.07, 6.45) is 0. The molecule has 7 heteroatoms. The van der Waals surface area contributed by atoms with Crippen LogP contribution in [-0.2, 0) is 10.0 Å². The number of amides is 1. The lowest BCUT2D eigenvalue weighted by molar-refractivity contribution is 0.102. The molecule has 0 unspecified atom stereocenters. The van der Waals surface area contributed by atoms with E-state index in [-0.39, 0.29) is 16.1 Å². The molecule has 0 aliphatic heterocycles. The average molecular weight is 382 g/mol. The standard InChI is InChI=1S/C20H18N2O4S/c1-26-16-12-13-18(20(23)21-15-8-4-2-5-9-15)19(14-16)22-27(24,25)17-10-6-3-7-11-17/h2-14,22H,1H3,(H,21,23). The van der Waals surface area contributed by atoms with Crippen LogP contribution in [0.3, 0.4) is 0 Å². The summed E-state index contributed by atoms with van der Waals surface area (Å²) < 4.78 is 32.9. The Balaban J connectivity index is 1.95. The maximum absolute atomic E-state index is 12.7. The molecule has 3 rings (SSSR count). The number of sulfonamides is 1. The fourth-order valence-corrected chi connectivity index (χ4v) is 3.55. The van der Waals surface area contributed by atoms with Gasteiger partial charge in [-0.2, -0.15) is 0 Å². The summed E-state index contributed by atoms with van der Waals surface area (Å²) in [5, 5.41) is 2.75. The van der Waals surface area contributed by atoms with Crippen molar-refractivity contribution < 1.29 is 17.9 Å². The summed E-state index contributed by atoms with van der Waals surface area (Å²) in [7, 11) is -2.39. The van der Waals surface area contributed by atoms with Gasteiger partial charge < -0.3 is 10.1 Å². The Morgan fingerprint density at radius 1 is 0.889 bits per heavy atom. The molecule has 6 nitrogen and oxygen atoms in total. The zero-order chi connectivity index (χ0) is 19.3. The Kier molecular flexibility index (Phi) is 5.42. The van der Waals surface area contributed by atoms with Gasteiger partial charge in [-0.25, -0.2) is 8.42 Å². The number of anilines is 2. The third-order valence-corrected chi connectivity index (χ3v) is 5.18. The second-order valence-corrected chi connectivity index (χ2v) is 7.33. The SMILES string of the molecule is COc1ccc(C(=O)Nc2ccccc2)c(NS(=O)(=O)c2ccccc2)c1. The van der Waals surface area contributed by atoms with E-state index in [0.717, 1.165) is 0 Å². The number of benzene rings is 3. The second kappa shape index (κ2) is 7.92. The smallest absolute Gasteiger partial charge is 0.261 e. The molecule has 27 heavy (non-hydrogen) atoms. The van der Waals surface area contributed by atoms with E-state index in [4.69, 9.17) is 4.74 Å². The van der Waals surface area contributed by atoms with Gasteiger partial charge in [-0.3, -0.25) is 9.52 Å². The zero-order valence-corrected chi connectivity index (χ0v) is 15.4. The lowest BCUT2D eigenvalue weighted by Gasteiger charge is -2.14. The highest BCUT2D eigenvalue weighted by atomic mass is 32.2. The van der Waals surface area contributed by atoms with Crippen molar-refractivity contribution in [3.63, 3.8) is 0 Å². The first kappa shape index (κ1) is 18.5. The number of hydrogen-bond donors (Lipinski definition) is 2. The predicted molar refractivity (Wildman–Crippen MR) is 105 cm³/mol. The van der Waals surface area contributed by atoms with E-state index in [1.807, 2.05) is 6.07 Å². The number of rotatable bonds is 6. The Labute approximate surface area is 157 Å². The number of carbonyl (C=O) groups excluding carboxylic acids is 1. The summed E-state index contributed by atoms with van der Waals surface area (Å²) in [5.41, 5.74) is 0.918. The topological polar surface area (TPSA) is 84.5 Å². The van der Waals surface area contributed by atoms with Gasteiger partial charge in [0.05, 0.1) is 23.3 Å². The summed E-state index contributed by atoms with van der Waals surface area (Å²) in [6, 6.07) is 21.4. The predicted octanol–water partition coefficient (Wildman–Crippen LogP) is 3.75. The van der Waals surface area contributed by atoms with Crippen molar-refractivity contribution in [2.24, 2.45) is 0 Å². The van der Waals surface area contributed by atoms with E-state index in [0.29, 0.717) is 11.4 Å². The van der Waals surface area contributed by atoms with Crippen molar-refractivity contribution in [3.8, 4) is 5.75 Å². The van der Waals surface area contributed by atoms with Gasteiger partial charge in [0.15, 0.2) is 0 Å². The minimum atomic E-state index is -3.85. The molecule has 0 saturated carbocycles. The van der Waals surface area contributed by atoms with E-state index in [9.17, 15) is 13.2 Å². The van der Waals surface area contributed by atoms with Gasteiger partial charge in [-0.1, -0.05) is 36.4 Å². The molecule has 0 fully saturated rings. The van der Waals surface area contributed by atoms with Crippen LogP contribution in [0.1, 0.15) is 10.4 Å². The first-order chi connectivity index (χ1) is 13.0. The number of ether oxygens (including phenoxy) is 1. The van der Waals surface area contributed by atoms with E-state index < -0.39 is 15.9 Å². The van der Waals surface area contributed by atoms with Gasteiger partial charge >= 0.3 is 0 Å². The summed E-state index contributed by atoms with van der Waals surface area (Å²) in [5.74, 6) is -0.00774. The molecule has 0 aromatic heterocycles. The monoisotopic (exact) mass is 382 g/mol. The van der Waals surface area contributed by atoms with Gasteiger partial charge in [0.25, 0.3) is 15.9 Å². The highest BCUT2D eigenvalue weighted by molar-refractivity contribution is 7.92. The first-order valence-corrected chi connectivity index (χ1v) is 9.60. The van der Waals surface area contributed by atoms with Crippen molar-refractivity contribution >= 4 is 27.3 Å². The zero-order valence-electron chi connectivity index (χ0n) is 14.5. The number of carbonyl (C=O) groups is 1. The number of nitrogens with one attached hydrogen (secondary N) is 2. The van der Waals surface area contributed by atoms with E-state index in [1.54, 1.807) is 48.5 Å². The van der Waals surface area contributed by atoms with Crippen molar-refractivity contribution in [1.29, 1.82) is 0 Å². The minimum Gasteiger partial charge on any atom is -0.497 e. The first-order valence-electron chi connectivity index (χ1n) is 8.12. The Hall–Kier alpha value is -3.32. The van der Waals surface area contributed by atoms with Crippen LogP contribution in [0.2, 0.25) is 0 Å². The van der Waals surface area contributed by atoms with Crippen LogP contribution in [-0.4, -0.2) is 21.4 Å². The average Bonchev–Trinajstić information content (AvgIpc) is 2.69. The van der Waals surface area contributed by atoms with Crippen LogP contribution in [0.25, 0.3) is 0 Å². The van der Waals surface area contributed by atoms with Gasteiger partial charge in [-0.15, -0.1) is 0 Å². The summed E-state index contributed by atoms with van der Waals surface area (Å²) >= 11 is 0. The Morgan fingerprint density at radius 2 is 1.52 bits per heavy atom. The fraction of sp³-hybridized carbons (Fsp3) is 0.0500. The molecule has 0 aliphatic rings. The third-order valence-electron chi connectivity index (χ3n) is 3.80. The van der Waals surface area contributed by atoms with Gasteiger partial charge in [0.1, 0.15) is 5.75 Å². The third kappa shape index (κ3) is 4.45. The fourth-order valence-electron chi connectivity index (χ4n) is 2.46. The highest BCUT2D eigenvalue weighted by Gasteiger charge is 2.19. The van der Waals surface area contributed by atoms with Crippen molar-refractivity contribution in [3.05, 3.63) is 84.4 Å². The molecule has 0 bridgehead atoms. The molecular weight excluding hydrogens is 364 g/mol. The highest BCUT2D eigenvalue weighted by Crippen LogP contribution is 2.26. The molecule has 0 atom stereocenters. The van der Waals surface area contributed by atoms with Crippen molar-refractivity contribution in [2.75, 3.05) is 17.1 Å². The largest absolute Gasteiger partial charge is 0.497 e. The Morgan fingerprint density at radius 3 is 2.15 bits per heavy atom. The van der Waals surface area contributed by atoms with E-state index >= 15 is 0 Å². The molecule has 0 aliphatic carbocycles. The number of hydrogen-bond acceptors (Lipinski definition) is 4. The molecule has 3 aromatic carbocycles. The van der Waals surface area contributed by atoms with Crippen LogP contribution in [0, 0.1) is 0 Å². The van der Waals surface area contributed by atoms with Crippen molar-refractivity contribution in [2.45, 2.75) is 4.90 Å². The quantitative estimate of drug-likeness (QED) is 0.680. The number of para-hydroxylation sites is 1. The lowest BCUT2D eigenvalue weighted by atomic mass is 10.1. The van der Waals surface area contributed by atoms with Crippen LogP contribution in [0.15, 0.2) is 83.8 Å². The second-order valence-electron chi connectivity index (χ2n) is 5.65. The molecular formula is C20H18N2O4S.